The minimum Gasteiger partial charge on any atom is -0.480 e. The molecule has 70 valence electrons. The summed E-state index contributed by atoms with van der Waals surface area (Å²) in [6.45, 7) is 3.06. The summed E-state index contributed by atoms with van der Waals surface area (Å²) in [5.74, 6) is -0.433. The molecule has 0 aliphatic heterocycles. The van der Waals surface area contributed by atoms with E-state index in [1.165, 1.54) is 6.92 Å². The van der Waals surface area contributed by atoms with Gasteiger partial charge in [-0.3, -0.25) is 4.79 Å². The van der Waals surface area contributed by atoms with Gasteiger partial charge in [0.15, 0.2) is 0 Å². The molecule has 0 fully saturated rings. The summed E-state index contributed by atoms with van der Waals surface area (Å²) in [5.41, 5.74) is 9.41. The summed E-state index contributed by atoms with van der Waals surface area (Å²) < 4.78 is 3.76. The lowest BCUT2D eigenvalue weighted by molar-refractivity contribution is -0.141. The topological polar surface area (TPSA) is 102 Å². The van der Waals surface area contributed by atoms with Crippen LogP contribution in [0.15, 0.2) is 4.40 Å². The van der Waals surface area contributed by atoms with Gasteiger partial charge in [-0.25, -0.2) is 4.40 Å². The second-order valence-corrected chi connectivity index (χ2v) is 3.46. The Morgan fingerprint density at radius 2 is 2.25 bits per heavy atom. The number of carboxylic acid groups (broad SMARTS) is 1. The van der Waals surface area contributed by atoms with Gasteiger partial charge in [0.2, 0.25) is 0 Å². The molecule has 0 bridgehead atoms. The molecule has 0 aliphatic carbocycles. The monoisotopic (exact) mass is 191 g/mol. The minimum absolute atomic E-state index is 0.205. The third kappa shape index (κ3) is 4.20. The van der Waals surface area contributed by atoms with Crippen LogP contribution in [0.3, 0.4) is 0 Å². The number of carboxylic acids is 1. The molecule has 0 aliphatic rings. The maximum absolute atomic E-state index is 10.5. The summed E-state index contributed by atoms with van der Waals surface area (Å²) in [4.78, 5) is 10.5. The molecule has 0 saturated heterocycles. The predicted octanol–water partition coefficient (Wildman–Crippen LogP) is -0.186. The molecular weight excluding hydrogens is 178 g/mol. The highest BCUT2D eigenvalue weighted by atomic mass is 32.2. The Labute approximate surface area is 75.4 Å². The van der Waals surface area contributed by atoms with E-state index < -0.39 is 11.5 Å². The van der Waals surface area contributed by atoms with Crippen LogP contribution in [0.1, 0.15) is 13.8 Å². The highest BCUT2D eigenvalue weighted by Gasteiger charge is 2.27. The Kier molecular flexibility index (Phi) is 4.05. The third-order valence-corrected chi connectivity index (χ3v) is 2.21. The number of rotatable bonds is 4. The number of hydrogen-bond donors (Lipinski definition) is 3. The number of nitrogens with zero attached hydrogens (tertiary/aromatic N) is 1. The van der Waals surface area contributed by atoms with E-state index in [1.807, 2.05) is 0 Å². The molecular formula is C6H13N3O2S. The van der Waals surface area contributed by atoms with Crippen molar-refractivity contribution in [3.63, 3.8) is 0 Å². The second-order valence-electron chi connectivity index (χ2n) is 2.73. The molecule has 0 spiro atoms. The van der Waals surface area contributed by atoms with Crippen LogP contribution in [0.25, 0.3) is 0 Å². The third-order valence-electron chi connectivity index (χ3n) is 1.06. The number of aliphatic carboxylic acids is 1. The standard InChI is InChI=1S/C6H13N3O2S/c1-4(7)9-12-3-6(2,8)5(10)11/h3,8H2,1-2H3,(H2,7,9)(H,10,11)/t6-/m0/s1. The summed E-state index contributed by atoms with van der Waals surface area (Å²) in [6.07, 6.45) is 0. The number of hydrogen-bond acceptors (Lipinski definition) is 4. The van der Waals surface area contributed by atoms with Crippen molar-refractivity contribution in [3.8, 4) is 0 Å². The van der Waals surface area contributed by atoms with E-state index in [1.54, 1.807) is 6.92 Å². The van der Waals surface area contributed by atoms with E-state index in [0.717, 1.165) is 11.9 Å². The molecule has 1 atom stereocenters. The zero-order chi connectivity index (χ0) is 9.78. The number of amidine groups is 1. The van der Waals surface area contributed by atoms with E-state index in [2.05, 4.69) is 4.40 Å². The summed E-state index contributed by atoms with van der Waals surface area (Å²) in [6, 6.07) is 0. The van der Waals surface area contributed by atoms with Gasteiger partial charge in [0.1, 0.15) is 11.4 Å². The molecule has 0 unspecified atom stereocenters. The summed E-state index contributed by atoms with van der Waals surface area (Å²) in [5, 5.41) is 8.59. The molecule has 0 heterocycles. The molecule has 0 aromatic rings. The van der Waals surface area contributed by atoms with Crippen LogP contribution in [0, 0.1) is 0 Å². The Bertz CT molecular complexity index is 199. The van der Waals surface area contributed by atoms with E-state index in [9.17, 15) is 4.79 Å². The zero-order valence-corrected chi connectivity index (χ0v) is 7.89. The van der Waals surface area contributed by atoms with E-state index in [-0.39, 0.29) is 5.75 Å². The average Bonchev–Trinajstić information content (AvgIpc) is 1.85. The Hall–Kier alpha value is -0.750. The Morgan fingerprint density at radius 1 is 1.75 bits per heavy atom. The molecule has 0 aromatic carbocycles. The Morgan fingerprint density at radius 3 is 2.58 bits per heavy atom. The lowest BCUT2D eigenvalue weighted by Crippen LogP contribution is -2.47. The van der Waals surface area contributed by atoms with Gasteiger partial charge >= 0.3 is 5.97 Å². The highest BCUT2D eigenvalue weighted by Crippen LogP contribution is 2.11. The van der Waals surface area contributed by atoms with Gasteiger partial charge in [0, 0.05) is 5.75 Å². The fourth-order valence-corrected chi connectivity index (χ4v) is 0.990. The van der Waals surface area contributed by atoms with Gasteiger partial charge < -0.3 is 16.6 Å². The number of carbonyl (C=O) groups is 1. The van der Waals surface area contributed by atoms with Crippen molar-refractivity contribution in [1.29, 1.82) is 0 Å². The maximum Gasteiger partial charge on any atom is 0.324 e. The minimum atomic E-state index is -1.25. The van der Waals surface area contributed by atoms with Gasteiger partial charge in [-0.15, -0.1) is 0 Å². The quantitative estimate of drug-likeness (QED) is 0.325. The van der Waals surface area contributed by atoms with Crippen LogP contribution in [-0.2, 0) is 4.79 Å². The van der Waals surface area contributed by atoms with E-state index in [0.29, 0.717) is 5.84 Å². The van der Waals surface area contributed by atoms with Crippen molar-refractivity contribution >= 4 is 23.8 Å². The fourth-order valence-electron chi connectivity index (χ4n) is 0.330. The van der Waals surface area contributed by atoms with Crippen LogP contribution in [0.4, 0.5) is 0 Å². The largest absolute Gasteiger partial charge is 0.480 e. The highest BCUT2D eigenvalue weighted by molar-refractivity contribution is 7.98. The first kappa shape index (κ1) is 11.2. The first-order chi connectivity index (χ1) is 5.36. The Balaban J connectivity index is 3.93. The average molecular weight is 191 g/mol. The fraction of sp³-hybridized carbons (Fsp3) is 0.667. The predicted molar refractivity (Wildman–Crippen MR) is 50.0 cm³/mol. The van der Waals surface area contributed by atoms with Gasteiger partial charge in [-0.2, -0.15) is 0 Å². The first-order valence-corrected chi connectivity index (χ1v) is 4.25. The molecule has 12 heavy (non-hydrogen) atoms. The summed E-state index contributed by atoms with van der Waals surface area (Å²) >= 11 is 1.05. The van der Waals surface area contributed by atoms with Crippen molar-refractivity contribution in [2.45, 2.75) is 19.4 Å². The van der Waals surface area contributed by atoms with Crippen LogP contribution in [0.2, 0.25) is 0 Å². The first-order valence-electron chi connectivity index (χ1n) is 3.30. The number of nitrogens with two attached hydrogens (primary N) is 2. The van der Waals surface area contributed by atoms with Crippen molar-refractivity contribution < 1.29 is 9.90 Å². The van der Waals surface area contributed by atoms with E-state index >= 15 is 0 Å². The van der Waals surface area contributed by atoms with Crippen molar-refractivity contribution in [2.75, 3.05) is 5.75 Å². The van der Waals surface area contributed by atoms with Crippen LogP contribution in [-0.4, -0.2) is 28.2 Å². The second kappa shape index (κ2) is 4.32. The summed E-state index contributed by atoms with van der Waals surface area (Å²) in [7, 11) is 0. The molecule has 0 radical (unpaired) electrons. The van der Waals surface area contributed by atoms with Gasteiger partial charge in [-0.1, -0.05) is 0 Å². The van der Waals surface area contributed by atoms with Crippen molar-refractivity contribution in [3.05, 3.63) is 0 Å². The maximum atomic E-state index is 10.5. The molecule has 0 aromatic heterocycles. The molecule has 5 N–H and O–H groups in total. The van der Waals surface area contributed by atoms with E-state index in [4.69, 9.17) is 16.6 Å². The molecule has 0 amide bonds. The zero-order valence-electron chi connectivity index (χ0n) is 7.07. The molecule has 0 saturated carbocycles. The smallest absolute Gasteiger partial charge is 0.324 e. The van der Waals surface area contributed by atoms with Crippen molar-refractivity contribution in [2.24, 2.45) is 15.9 Å². The lowest BCUT2D eigenvalue weighted by Gasteiger charge is -2.16. The molecule has 0 rings (SSSR count). The van der Waals surface area contributed by atoms with Gasteiger partial charge in [0.25, 0.3) is 0 Å². The van der Waals surface area contributed by atoms with Gasteiger partial charge in [-0.05, 0) is 25.8 Å². The SMILES string of the molecule is C/C(N)=N\SC[C@](C)(N)C(=O)O. The van der Waals surface area contributed by atoms with Crippen LogP contribution in [0.5, 0.6) is 0 Å². The van der Waals surface area contributed by atoms with Crippen molar-refractivity contribution in [1.82, 2.24) is 0 Å². The lowest BCUT2D eigenvalue weighted by atomic mass is 10.1. The van der Waals surface area contributed by atoms with Gasteiger partial charge in [0.05, 0.1) is 0 Å². The van der Waals surface area contributed by atoms with Crippen LogP contribution >= 0.6 is 11.9 Å². The normalized spacial score (nSPS) is 17.1. The molecule has 6 heteroatoms. The van der Waals surface area contributed by atoms with Crippen LogP contribution < -0.4 is 11.5 Å². The molecule has 5 nitrogen and oxygen atoms in total.